The van der Waals surface area contributed by atoms with Crippen LogP contribution in [0.25, 0.3) is 0 Å². The van der Waals surface area contributed by atoms with Gasteiger partial charge in [-0.2, -0.15) is 0 Å². The molecule has 0 fully saturated rings. The molecule has 3 heteroatoms. The lowest BCUT2D eigenvalue weighted by molar-refractivity contribution is 0.493. The summed E-state index contributed by atoms with van der Waals surface area (Å²) in [5.74, 6) is 0. The molecule has 94 valence electrons. The second kappa shape index (κ2) is 6.12. The van der Waals surface area contributed by atoms with Crippen molar-refractivity contribution in [3.8, 4) is 0 Å². The predicted octanol–water partition coefficient (Wildman–Crippen LogP) is 4.26. The first-order valence-corrected chi connectivity index (χ1v) is 6.87. The molecule has 1 aromatic carbocycles. The number of hydrogen-bond donors (Lipinski definition) is 1. The molecule has 0 bridgehead atoms. The van der Waals surface area contributed by atoms with E-state index in [1.165, 1.54) is 11.1 Å². The second-order valence-corrected chi connectivity index (χ2v) is 5.36. The third kappa shape index (κ3) is 3.40. The minimum atomic E-state index is 0.289. The maximum absolute atomic E-state index is 4.15. The Labute approximate surface area is 117 Å². The SMILES string of the molecule is CC(NC(C)c1cccnc1)c1ccc(Br)cc1. The summed E-state index contributed by atoms with van der Waals surface area (Å²) in [5, 5.41) is 3.58. The van der Waals surface area contributed by atoms with Crippen LogP contribution in [0, 0.1) is 0 Å². The van der Waals surface area contributed by atoms with Gasteiger partial charge in [-0.05, 0) is 43.2 Å². The summed E-state index contributed by atoms with van der Waals surface area (Å²) in [6.45, 7) is 4.34. The number of nitrogens with one attached hydrogen (secondary N) is 1. The summed E-state index contributed by atoms with van der Waals surface area (Å²) in [6, 6.07) is 13.1. The average molecular weight is 305 g/mol. The van der Waals surface area contributed by atoms with Crippen molar-refractivity contribution in [3.05, 3.63) is 64.4 Å². The first kappa shape index (κ1) is 13.2. The van der Waals surface area contributed by atoms with E-state index in [1.807, 2.05) is 12.3 Å². The van der Waals surface area contributed by atoms with Crippen LogP contribution in [0.4, 0.5) is 0 Å². The van der Waals surface area contributed by atoms with Gasteiger partial charge in [0, 0.05) is 29.0 Å². The molecule has 18 heavy (non-hydrogen) atoms. The smallest absolute Gasteiger partial charge is 0.0315 e. The molecule has 2 nitrogen and oxygen atoms in total. The van der Waals surface area contributed by atoms with Gasteiger partial charge < -0.3 is 5.32 Å². The van der Waals surface area contributed by atoms with E-state index in [0.29, 0.717) is 6.04 Å². The third-order valence-electron chi connectivity index (χ3n) is 3.05. The summed E-state index contributed by atoms with van der Waals surface area (Å²) in [5.41, 5.74) is 2.50. The molecule has 1 N–H and O–H groups in total. The van der Waals surface area contributed by atoms with Crippen LogP contribution in [-0.2, 0) is 0 Å². The molecule has 2 aromatic rings. The van der Waals surface area contributed by atoms with Gasteiger partial charge in [-0.1, -0.05) is 34.1 Å². The van der Waals surface area contributed by atoms with Gasteiger partial charge in [0.05, 0.1) is 0 Å². The molecule has 0 aliphatic heterocycles. The average Bonchev–Trinajstić information content (AvgIpc) is 2.40. The van der Waals surface area contributed by atoms with E-state index in [9.17, 15) is 0 Å². The minimum absolute atomic E-state index is 0.289. The van der Waals surface area contributed by atoms with Gasteiger partial charge >= 0.3 is 0 Å². The highest BCUT2D eigenvalue weighted by Gasteiger charge is 2.10. The zero-order valence-electron chi connectivity index (χ0n) is 10.6. The van der Waals surface area contributed by atoms with E-state index in [0.717, 1.165) is 4.47 Å². The van der Waals surface area contributed by atoms with Crippen molar-refractivity contribution in [1.82, 2.24) is 10.3 Å². The quantitative estimate of drug-likeness (QED) is 0.913. The predicted molar refractivity (Wildman–Crippen MR) is 78.3 cm³/mol. The Morgan fingerprint density at radius 3 is 2.28 bits per heavy atom. The molecule has 0 aliphatic carbocycles. The first-order chi connectivity index (χ1) is 8.66. The molecule has 0 aliphatic rings. The normalized spacial score (nSPS) is 14.2. The van der Waals surface area contributed by atoms with Crippen molar-refractivity contribution in [2.75, 3.05) is 0 Å². The number of pyridine rings is 1. The van der Waals surface area contributed by atoms with Crippen molar-refractivity contribution in [2.45, 2.75) is 25.9 Å². The summed E-state index contributed by atoms with van der Waals surface area (Å²) in [6.07, 6.45) is 3.71. The number of hydrogen-bond acceptors (Lipinski definition) is 2. The molecule has 0 radical (unpaired) electrons. The number of halogens is 1. The van der Waals surface area contributed by atoms with Crippen LogP contribution in [0.1, 0.15) is 37.1 Å². The molecule has 0 spiro atoms. The van der Waals surface area contributed by atoms with Gasteiger partial charge in [-0.25, -0.2) is 0 Å². The first-order valence-electron chi connectivity index (χ1n) is 6.08. The maximum atomic E-state index is 4.15. The fraction of sp³-hybridized carbons (Fsp3) is 0.267. The van der Waals surface area contributed by atoms with E-state index in [-0.39, 0.29) is 6.04 Å². The molecular formula is C15H17BrN2. The Balaban J connectivity index is 2.03. The van der Waals surface area contributed by atoms with Crippen LogP contribution >= 0.6 is 15.9 Å². The van der Waals surface area contributed by atoms with Gasteiger partial charge in [-0.15, -0.1) is 0 Å². The summed E-state index contributed by atoms with van der Waals surface area (Å²) >= 11 is 3.45. The lowest BCUT2D eigenvalue weighted by atomic mass is 10.1. The second-order valence-electron chi connectivity index (χ2n) is 4.45. The van der Waals surface area contributed by atoms with E-state index < -0.39 is 0 Å². The number of benzene rings is 1. The van der Waals surface area contributed by atoms with Crippen molar-refractivity contribution in [3.63, 3.8) is 0 Å². The Morgan fingerprint density at radius 1 is 1.00 bits per heavy atom. The molecule has 0 amide bonds. The van der Waals surface area contributed by atoms with E-state index in [2.05, 4.69) is 70.4 Å². The van der Waals surface area contributed by atoms with Gasteiger partial charge in [-0.3, -0.25) is 4.98 Å². The van der Waals surface area contributed by atoms with Crippen LogP contribution in [-0.4, -0.2) is 4.98 Å². The highest BCUT2D eigenvalue weighted by Crippen LogP contribution is 2.20. The number of rotatable bonds is 4. The fourth-order valence-corrected chi connectivity index (χ4v) is 2.22. The lowest BCUT2D eigenvalue weighted by Crippen LogP contribution is -2.22. The van der Waals surface area contributed by atoms with Gasteiger partial charge in [0.25, 0.3) is 0 Å². The summed E-state index contributed by atoms with van der Waals surface area (Å²) < 4.78 is 1.11. The Hall–Kier alpha value is -1.19. The molecule has 2 unspecified atom stereocenters. The molecule has 0 saturated heterocycles. The van der Waals surface area contributed by atoms with Crippen molar-refractivity contribution in [1.29, 1.82) is 0 Å². The Morgan fingerprint density at radius 2 is 1.67 bits per heavy atom. The zero-order chi connectivity index (χ0) is 13.0. The van der Waals surface area contributed by atoms with Crippen molar-refractivity contribution >= 4 is 15.9 Å². The lowest BCUT2D eigenvalue weighted by Gasteiger charge is -2.20. The van der Waals surface area contributed by atoms with Gasteiger partial charge in [0.1, 0.15) is 0 Å². The molecule has 2 atom stereocenters. The Kier molecular flexibility index (Phi) is 4.50. The Bertz CT molecular complexity index is 482. The van der Waals surface area contributed by atoms with Gasteiger partial charge in [0.15, 0.2) is 0 Å². The zero-order valence-corrected chi connectivity index (χ0v) is 12.2. The monoisotopic (exact) mass is 304 g/mol. The maximum Gasteiger partial charge on any atom is 0.0315 e. The highest BCUT2D eigenvalue weighted by atomic mass is 79.9. The molecule has 1 heterocycles. The van der Waals surface area contributed by atoms with Gasteiger partial charge in [0.2, 0.25) is 0 Å². The van der Waals surface area contributed by atoms with Crippen molar-refractivity contribution < 1.29 is 0 Å². The largest absolute Gasteiger partial charge is 0.304 e. The van der Waals surface area contributed by atoms with Crippen LogP contribution in [0.3, 0.4) is 0 Å². The van der Waals surface area contributed by atoms with Crippen LogP contribution in [0.5, 0.6) is 0 Å². The van der Waals surface area contributed by atoms with Crippen LogP contribution in [0.2, 0.25) is 0 Å². The minimum Gasteiger partial charge on any atom is -0.304 e. The highest BCUT2D eigenvalue weighted by molar-refractivity contribution is 9.10. The molecule has 0 saturated carbocycles. The van der Waals surface area contributed by atoms with Crippen LogP contribution < -0.4 is 5.32 Å². The van der Waals surface area contributed by atoms with E-state index in [4.69, 9.17) is 0 Å². The van der Waals surface area contributed by atoms with Crippen LogP contribution in [0.15, 0.2) is 53.3 Å². The molecular weight excluding hydrogens is 288 g/mol. The standard InChI is InChI=1S/C15H17BrN2/c1-11(13-5-7-15(16)8-6-13)18-12(2)14-4-3-9-17-10-14/h3-12,18H,1-2H3. The van der Waals surface area contributed by atoms with E-state index >= 15 is 0 Å². The topological polar surface area (TPSA) is 24.9 Å². The van der Waals surface area contributed by atoms with E-state index in [1.54, 1.807) is 6.20 Å². The van der Waals surface area contributed by atoms with Crippen molar-refractivity contribution in [2.24, 2.45) is 0 Å². The fourth-order valence-electron chi connectivity index (χ4n) is 1.95. The third-order valence-corrected chi connectivity index (χ3v) is 3.58. The molecule has 1 aromatic heterocycles. The summed E-state index contributed by atoms with van der Waals surface area (Å²) in [7, 11) is 0. The number of nitrogens with zero attached hydrogens (tertiary/aromatic N) is 1. The number of aromatic nitrogens is 1. The molecule has 2 rings (SSSR count). The summed E-state index contributed by atoms with van der Waals surface area (Å²) in [4.78, 5) is 4.15.